The lowest BCUT2D eigenvalue weighted by Gasteiger charge is -2.15. The predicted molar refractivity (Wildman–Crippen MR) is 50.6 cm³/mol. The van der Waals surface area contributed by atoms with E-state index in [-0.39, 0.29) is 6.10 Å². The Morgan fingerprint density at radius 2 is 1.93 bits per heavy atom. The highest BCUT2D eigenvalue weighted by atomic mass is 19.4. The number of alkyl halides is 3. The second-order valence-electron chi connectivity index (χ2n) is 3.53. The van der Waals surface area contributed by atoms with Gasteiger partial charge in [-0.2, -0.15) is 13.2 Å². The van der Waals surface area contributed by atoms with E-state index in [2.05, 4.69) is 5.32 Å². The summed E-state index contributed by atoms with van der Waals surface area (Å²) in [4.78, 5) is 0. The lowest BCUT2D eigenvalue weighted by Crippen LogP contribution is -2.38. The molecule has 0 rings (SSSR count). The van der Waals surface area contributed by atoms with Crippen LogP contribution in [-0.2, 0) is 4.74 Å². The molecule has 0 aromatic heterocycles. The van der Waals surface area contributed by atoms with Crippen LogP contribution in [0.4, 0.5) is 13.2 Å². The fraction of sp³-hybridized carbons (Fsp3) is 1.00. The monoisotopic (exact) mass is 229 g/mol. The van der Waals surface area contributed by atoms with Crippen molar-refractivity contribution >= 4 is 0 Å². The van der Waals surface area contributed by atoms with Crippen LogP contribution < -0.4 is 5.32 Å². The van der Waals surface area contributed by atoms with Crippen LogP contribution in [0.1, 0.15) is 20.3 Å². The van der Waals surface area contributed by atoms with Crippen molar-refractivity contribution in [1.29, 1.82) is 0 Å². The molecule has 0 aromatic carbocycles. The minimum absolute atomic E-state index is 0.130. The molecule has 92 valence electrons. The lowest BCUT2D eigenvalue weighted by atomic mass is 10.3. The maximum atomic E-state index is 11.8. The van der Waals surface area contributed by atoms with Gasteiger partial charge in [0.05, 0.1) is 6.10 Å². The Hall–Kier alpha value is -0.330. The van der Waals surface area contributed by atoms with Crippen molar-refractivity contribution in [2.75, 3.05) is 19.7 Å². The van der Waals surface area contributed by atoms with Crippen LogP contribution in [0.25, 0.3) is 0 Å². The second-order valence-corrected chi connectivity index (χ2v) is 3.53. The molecule has 0 aliphatic rings. The largest absolute Gasteiger partial charge is 0.415 e. The zero-order valence-corrected chi connectivity index (χ0v) is 8.97. The molecule has 0 heterocycles. The molecule has 0 bridgehead atoms. The molecule has 0 aliphatic heterocycles. The number of nitrogens with one attached hydrogen (secondary N) is 1. The van der Waals surface area contributed by atoms with E-state index in [1.807, 2.05) is 13.8 Å². The number of rotatable bonds is 7. The summed E-state index contributed by atoms with van der Waals surface area (Å²) in [6.45, 7) is 4.22. The molecule has 1 unspecified atom stereocenters. The summed E-state index contributed by atoms with van der Waals surface area (Å²) in [6.07, 6.45) is -6.07. The molecule has 0 fully saturated rings. The van der Waals surface area contributed by atoms with E-state index in [9.17, 15) is 13.2 Å². The van der Waals surface area contributed by atoms with Gasteiger partial charge in [-0.1, -0.05) is 0 Å². The Kier molecular flexibility index (Phi) is 6.87. The number of aliphatic hydroxyl groups is 1. The van der Waals surface area contributed by atoms with Crippen molar-refractivity contribution in [3.8, 4) is 0 Å². The maximum Gasteiger partial charge on any atom is 0.415 e. The number of ether oxygens (including phenoxy) is 1. The molecular formula is C9H18F3NO2. The third kappa shape index (κ3) is 8.65. The maximum absolute atomic E-state index is 11.8. The third-order valence-corrected chi connectivity index (χ3v) is 1.66. The first-order valence-corrected chi connectivity index (χ1v) is 4.91. The Bertz CT molecular complexity index is 162. The SMILES string of the molecule is CC(C)OCCCNCC(O)C(F)(F)F. The Labute approximate surface area is 87.6 Å². The van der Waals surface area contributed by atoms with Crippen LogP contribution in [0.3, 0.4) is 0 Å². The predicted octanol–water partition coefficient (Wildman–Crippen LogP) is 1.31. The number of hydrogen-bond donors (Lipinski definition) is 2. The molecule has 0 spiro atoms. The molecule has 0 aromatic rings. The van der Waals surface area contributed by atoms with E-state index < -0.39 is 18.8 Å². The van der Waals surface area contributed by atoms with E-state index in [0.29, 0.717) is 19.6 Å². The van der Waals surface area contributed by atoms with Crippen LogP contribution in [0.15, 0.2) is 0 Å². The first kappa shape index (κ1) is 14.7. The molecule has 0 radical (unpaired) electrons. The highest BCUT2D eigenvalue weighted by molar-refractivity contribution is 4.67. The summed E-state index contributed by atoms with van der Waals surface area (Å²) in [7, 11) is 0. The molecule has 0 saturated heterocycles. The van der Waals surface area contributed by atoms with Gasteiger partial charge in [-0.3, -0.25) is 0 Å². The van der Waals surface area contributed by atoms with Crippen LogP contribution >= 0.6 is 0 Å². The standard InChI is InChI=1S/C9H18F3NO2/c1-7(2)15-5-3-4-13-6-8(14)9(10,11)12/h7-8,13-14H,3-6H2,1-2H3. The second kappa shape index (κ2) is 7.03. The highest BCUT2D eigenvalue weighted by Crippen LogP contribution is 2.18. The zero-order chi connectivity index (χ0) is 11.9. The Balaban J connectivity index is 3.32. The quantitative estimate of drug-likeness (QED) is 0.647. The summed E-state index contributed by atoms with van der Waals surface area (Å²) in [6, 6.07) is 0. The van der Waals surface area contributed by atoms with E-state index >= 15 is 0 Å². The van der Waals surface area contributed by atoms with Gasteiger partial charge in [-0.05, 0) is 26.8 Å². The van der Waals surface area contributed by atoms with Gasteiger partial charge in [0, 0.05) is 13.2 Å². The molecule has 2 N–H and O–H groups in total. The van der Waals surface area contributed by atoms with Gasteiger partial charge in [0.2, 0.25) is 0 Å². The lowest BCUT2D eigenvalue weighted by molar-refractivity contribution is -0.201. The van der Waals surface area contributed by atoms with Crippen molar-refractivity contribution in [2.24, 2.45) is 0 Å². The molecular weight excluding hydrogens is 211 g/mol. The van der Waals surface area contributed by atoms with Crippen molar-refractivity contribution in [3.05, 3.63) is 0 Å². The molecule has 0 aliphatic carbocycles. The van der Waals surface area contributed by atoms with Crippen molar-refractivity contribution < 1.29 is 23.0 Å². The zero-order valence-electron chi connectivity index (χ0n) is 8.97. The van der Waals surface area contributed by atoms with Crippen LogP contribution in [0, 0.1) is 0 Å². The Morgan fingerprint density at radius 1 is 1.33 bits per heavy atom. The average Bonchev–Trinajstić information content (AvgIpc) is 2.08. The van der Waals surface area contributed by atoms with Gasteiger partial charge >= 0.3 is 6.18 Å². The van der Waals surface area contributed by atoms with Gasteiger partial charge < -0.3 is 15.2 Å². The smallest absolute Gasteiger partial charge is 0.382 e. The van der Waals surface area contributed by atoms with Gasteiger partial charge in [0.25, 0.3) is 0 Å². The minimum atomic E-state index is -4.54. The number of aliphatic hydroxyl groups excluding tert-OH is 1. The average molecular weight is 229 g/mol. The van der Waals surface area contributed by atoms with Crippen LogP contribution in [0.5, 0.6) is 0 Å². The van der Waals surface area contributed by atoms with Crippen molar-refractivity contribution in [3.63, 3.8) is 0 Å². The van der Waals surface area contributed by atoms with Crippen LogP contribution in [0.2, 0.25) is 0 Å². The van der Waals surface area contributed by atoms with Crippen LogP contribution in [-0.4, -0.2) is 43.2 Å². The van der Waals surface area contributed by atoms with Crippen molar-refractivity contribution in [2.45, 2.75) is 38.7 Å². The summed E-state index contributed by atoms with van der Waals surface area (Å²) in [5.41, 5.74) is 0. The number of hydrogen-bond acceptors (Lipinski definition) is 3. The first-order chi connectivity index (χ1) is 6.84. The summed E-state index contributed by atoms with van der Waals surface area (Å²) in [5.74, 6) is 0. The van der Waals surface area contributed by atoms with Gasteiger partial charge in [0.1, 0.15) is 0 Å². The summed E-state index contributed by atoms with van der Waals surface area (Å²) < 4.78 is 40.6. The van der Waals surface area contributed by atoms with E-state index in [0.717, 1.165) is 0 Å². The van der Waals surface area contributed by atoms with E-state index in [1.165, 1.54) is 0 Å². The van der Waals surface area contributed by atoms with E-state index in [4.69, 9.17) is 9.84 Å². The first-order valence-electron chi connectivity index (χ1n) is 4.91. The molecule has 0 saturated carbocycles. The fourth-order valence-electron chi connectivity index (χ4n) is 0.871. The molecule has 6 heteroatoms. The number of halogens is 3. The van der Waals surface area contributed by atoms with E-state index in [1.54, 1.807) is 0 Å². The van der Waals surface area contributed by atoms with Gasteiger partial charge in [-0.25, -0.2) is 0 Å². The Morgan fingerprint density at radius 3 is 2.40 bits per heavy atom. The normalized spacial score (nSPS) is 14.6. The van der Waals surface area contributed by atoms with Crippen molar-refractivity contribution in [1.82, 2.24) is 5.32 Å². The molecule has 0 amide bonds. The molecule has 3 nitrogen and oxygen atoms in total. The topological polar surface area (TPSA) is 41.5 Å². The molecule has 15 heavy (non-hydrogen) atoms. The third-order valence-electron chi connectivity index (χ3n) is 1.66. The summed E-state index contributed by atoms with van der Waals surface area (Å²) >= 11 is 0. The van der Waals surface area contributed by atoms with Gasteiger partial charge in [-0.15, -0.1) is 0 Å². The summed E-state index contributed by atoms with van der Waals surface area (Å²) in [5, 5.41) is 11.1. The molecule has 1 atom stereocenters. The highest BCUT2D eigenvalue weighted by Gasteiger charge is 2.37. The fourth-order valence-corrected chi connectivity index (χ4v) is 0.871. The minimum Gasteiger partial charge on any atom is -0.382 e. The van der Waals surface area contributed by atoms with Gasteiger partial charge in [0.15, 0.2) is 6.10 Å².